The average molecular weight is 266 g/mol. The molecular weight excluding hydrogens is 244 g/mol. The first-order valence-electron chi connectivity index (χ1n) is 6.25. The summed E-state index contributed by atoms with van der Waals surface area (Å²) in [6.45, 7) is 1.39. The molecule has 0 heterocycles. The minimum absolute atomic E-state index is 0.229. The van der Waals surface area contributed by atoms with Gasteiger partial charge in [-0.05, 0) is 32.1 Å². The molecular formula is C14H22N2O3. The number of likely N-dealkylation sites (N-methyl/N-ethyl adjacent to an activating group) is 1. The second-order valence-corrected chi connectivity index (χ2v) is 4.79. The van der Waals surface area contributed by atoms with Gasteiger partial charge in [0.15, 0.2) is 0 Å². The molecule has 1 amide bonds. The van der Waals surface area contributed by atoms with E-state index in [0.29, 0.717) is 0 Å². The van der Waals surface area contributed by atoms with Gasteiger partial charge in [0.2, 0.25) is 5.91 Å². The molecule has 0 unspecified atom stereocenters. The van der Waals surface area contributed by atoms with E-state index in [-0.39, 0.29) is 19.1 Å². The number of aliphatic hydroxyl groups is 2. The third-order valence-corrected chi connectivity index (χ3v) is 3.03. The van der Waals surface area contributed by atoms with E-state index in [2.05, 4.69) is 5.32 Å². The molecule has 5 nitrogen and oxygen atoms in total. The lowest BCUT2D eigenvalue weighted by Crippen LogP contribution is -2.45. The number of amides is 1. The van der Waals surface area contributed by atoms with Crippen LogP contribution < -0.4 is 5.32 Å². The van der Waals surface area contributed by atoms with E-state index in [0.717, 1.165) is 11.1 Å². The average Bonchev–Trinajstić information content (AvgIpc) is 2.38. The Labute approximate surface area is 113 Å². The lowest BCUT2D eigenvalue weighted by atomic mass is 9.99. The van der Waals surface area contributed by atoms with Gasteiger partial charge in [0.25, 0.3) is 0 Å². The Morgan fingerprint density at radius 2 is 1.84 bits per heavy atom. The number of aryl methyl sites for hydroxylation is 1. The summed E-state index contributed by atoms with van der Waals surface area (Å²) in [5.41, 5.74) is 1.94. The van der Waals surface area contributed by atoms with E-state index in [9.17, 15) is 4.79 Å². The summed E-state index contributed by atoms with van der Waals surface area (Å²) < 4.78 is 0. The summed E-state index contributed by atoms with van der Waals surface area (Å²) in [4.78, 5) is 14.1. The Kier molecular flexibility index (Phi) is 5.95. The second kappa shape index (κ2) is 7.23. The number of aliphatic hydroxyl groups excluding tert-OH is 2. The van der Waals surface area contributed by atoms with Gasteiger partial charge in [-0.2, -0.15) is 0 Å². The van der Waals surface area contributed by atoms with Crippen molar-refractivity contribution in [1.82, 2.24) is 10.2 Å². The third-order valence-electron chi connectivity index (χ3n) is 3.03. The van der Waals surface area contributed by atoms with Gasteiger partial charge in [-0.3, -0.25) is 9.69 Å². The fourth-order valence-electron chi connectivity index (χ4n) is 1.98. The highest BCUT2D eigenvalue weighted by Crippen LogP contribution is 2.22. The van der Waals surface area contributed by atoms with Gasteiger partial charge < -0.3 is 15.5 Å². The molecule has 0 radical (unpaired) electrons. The molecule has 1 rings (SSSR count). The van der Waals surface area contributed by atoms with E-state index in [1.54, 1.807) is 0 Å². The SMILES string of the molecule is Cc1ccccc1[C@H](C(=O)NC(CO)CO)N(C)C. The molecule has 0 aromatic heterocycles. The van der Waals surface area contributed by atoms with Crippen LogP contribution in [-0.4, -0.2) is 54.4 Å². The monoisotopic (exact) mass is 266 g/mol. The van der Waals surface area contributed by atoms with E-state index in [4.69, 9.17) is 10.2 Å². The van der Waals surface area contributed by atoms with Gasteiger partial charge in [-0.15, -0.1) is 0 Å². The molecule has 0 spiro atoms. The van der Waals surface area contributed by atoms with Gasteiger partial charge in [-0.1, -0.05) is 24.3 Å². The summed E-state index contributed by atoms with van der Waals surface area (Å²) in [6.07, 6.45) is 0. The number of carbonyl (C=O) groups is 1. The number of nitrogens with zero attached hydrogens (tertiary/aromatic N) is 1. The Balaban J connectivity index is 2.96. The number of nitrogens with one attached hydrogen (secondary N) is 1. The number of hydrogen-bond acceptors (Lipinski definition) is 4. The lowest BCUT2D eigenvalue weighted by molar-refractivity contribution is -0.127. The maximum Gasteiger partial charge on any atom is 0.242 e. The molecule has 0 aliphatic carbocycles. The lowest BCUT2D eigenvalue weighted by Gasteiger charge is -2.27. The molecule has 1 aromatic rings. The van der Waals surface area contributed by atoms with E-state index >= 15 is 0 Å². The van der Waals surface area contributed by atoms with Crippen LogP contribution >= 0.6 is 0 Å². The van der Waals surface area contributed by atoms with Crippen LogP contribution in [0.25, 0.3) is 0 Å². The molecule has 1 atom stereocenters. The van der Waals surface area contributed by atoms with Crippen LogP contribution in [0, 0.1) is 6.92 Å². The molecule has 0 fully saturated rings. The standard InChI is InChI=1S/C14H22N2O3/c1-10-6-4-5-7-12(10)13(16(2)3)14(19)15-11(8-17)9-18/h4-7,11,13,17-18H,8-9H2,1-3H3,(H,15,19)/t13-/m1/s1. The summed E-state index contributed by atoms with van der Waals surface area (Å²) in [6, 6.07) is 6.61. The third kappa shape index (κ3) is 4.02. The van der Waals surface area contributed by atoms with Crippen LogP contribution in [0.4, 0.5) is 0 Å². The zero-order chi connectivity index (χ0) is 14.4. The number of hydrogen-bond donors (Lipinski definition) is 3. The van der Waals surface area contributed by atoms with Gasteiger partial charge in [0, 0.05) is 0 Å². The van der Waals surface area contributed by atoms with Crippen LogP contribution in [-0.2, 0) is 4.79 Å². The van der Waals surface area contributed by atoms with Gasteiger partial charge >= 0.3 is 0 Å². The summed E-state index contributed by atoms with van der Waals surface area (Å²) >= 11 is 0. The Bertz CT molecular complexity index is 417. The zero-order valence-corrected chi connectivity index (χ0v) is 11.6. The molecule has 0 aliphatic heterocycles. The zero-order valence-electron chi connectivity index (χ0n) is 11.6. The quantitative estimate of drug-likeness (QED) is 0.681. The molecule has 5 heteroatoms. The summed E-state index contributed by atoms with van der Waals surface area (Å²) in [5.74, 6) is -0.229. The van der Waals surface area contributed by atoms with Crippen molar-refractivity contribution in [3.05, 3.63) is 35.4 Å². The Morgan fingerprint density at radius 3 is 2.32 bits per heavy atom. The molecule has 0 saturated carbocycles. The Hall–Kier alpha value is -1.43. The van der Waals surface area contributed by atoms with Crippen LogP contribution in [0.3, 0.4) is 0 Å². The van der Waals surface area contributed by atoms with E-state index < -0.39 is 12.1 Å². The molecule has 19 heavy (non-hydrogen) atoms. The highest BCUT2D eigenvalue weighted by atomic mass is 16.3. The molecule has 0 aliphatic rings. The van der Waals surface area contributed by atoms with Crippen LogP contribution in [0.15, 0.2) is 24.3 Å². The predicted octanol–water partition coefficient (Wildman–Crippen LogP) is 0.0671. The first-order valence-corrected chi connectivity index (χ1v) is 6.25. The first kappa shape index (κ1) is 15.6. The van der Waals surface area contributed by atoms with Crippen LogP contribution in [0.5, 0.6) is 0 Å². The molecule has 0 saturated heterocycles. The Morgan fingerprint density at radius 1 is 1.26 bits per heavy atom. The fraction of sp³-hybridized carbons (Fsp3) is 0.500. The molecule has 1 aromatic carbocycles. The minimum Gasteiger partial charge on any atom is -0.394 e. The van der Waals surface area contributed by atoms with E-state index in [1.807, 2.05) is 50.2 Å². The largest absolute Gasteiger partial charge is 0.394 e. The van der Waals surface area contributed by atoms with Crippen molar-refractivity contribution in [3.8, 4) is 0 Å². The smallest absolute Gasteiger partial charge is 0.242 e. The minimum atomic E-state index is -0.626. The maximum absolute atomic E-state index is 12.3. The van der Waals surface area contributed by atoms with E-state index in [1.165, 1.54) is 0 Å². The molecule has 106 valence electrons. The highest BCUT2D eigenvalue weighted by Gasteiger charge is 2.25. The number of carbonyl (C=O) groups excluding carboxylic acids is 1. The van der Waals surface area contributed by atoms with Gasteiger partial charge in [0.1, 0.15) is 6.04 Å². The van der Waals surface area contributed by atoms with Crippen molar-refractivity contribution in [2.24, 2.45) is 0 Å². The molecule has 3 N–H and O–H groups in total. The number of rotatable bonds is 6. The topological polar surface area (TPSA) is 72.8 Å². The highest BCUT2D eigenvalue weighted by molar-refractivity contribution is 5.83. The van der Waals surface area contributed by atoms with Crippen molar-refractivity contribution in [1.29, 1.82) is 0 Å². The fourth-order valence-corrected chi connectivity index (χ4v) is 1.98. The van der Waals surface area contributed by atoms with Crippen molar-refractivity contribution < 1.29 is 15.0 Å². The predicted molar refractivity (Wildman–Crippen MR) is 73.7 cm³/mol. The normalized spacial score (nSPS) is 12.8. The van der Waals surface area contributed by atoms with Crippen molar-refractivity contribution in [3.63, 3.8) is 0 Å². The van der Waals surface area contributed by atoms with Crippen LogP contribution in [0.2, 0.25) is 0 Å². The summed E-state index contributed by atoms with van der Waals surface area (Å²) in [5, 5.41) is 20.7. The summed E-state index contributed by atoms with van der Waals surface area (Å²) in [7, 11) is 3.65. The van der Waals surface area contributed by atoms with Crippen molar-refractivity contribution >= 4 is 5.91 Å². The number of benzene rings is 1. The van der Waals surface area contributed by atoms with Crippen molar-refractivity contribution in [2.75, 3.05) is 27.3 Å². The van der Waals surface area contributed by atoms with Crippen molar-refractivity contribution in [2.45, 2.75) is 19.0 Å². The maximum atomic E-state index is 12.3. The van der Waals surface area contributed by atoms with Crippen LogP contribution in [0.1, 0.15) is 17.2 Å². The second-order valence-electron chi connectivity index (χ2n) is 4.79. The molecule has 0 bridgehead atoms. The first-order chi connectivity index (χ1) is 9.01. The van der Waals surface area contributed by atoms with Gasteiger partial charge in [0.05, 0.1) is 19.3 Å². The van der Waals surface area contributed by atoms with Gasteiger partial charge in [-0.25, -0.2) is 0 Å².